The number of morpholine rings is 1. The summed E-state index contributed by atoms with van der Waals surface area (Å²) in [5, 5.41) is 7.00. The molecule has 3 rings (SSSR count). The van der Waals surface area contributed by atoms with Crippen molar-refractivity contribution in [3.63, 3.8) is 0 Å². The van der Waals surface area contributed by atoms with Gasteiger partial charge < -0.3 is 25.0 Å². The van der Waals surface area contributed by atoms with E-state index in [9.17, 15) is 0 Å². The van der Waals surface area contributed by atoms with E-state index in [0.29, 0.717) is 12.6 Å². The Hall–Kier alpha value is -1.87. The van der Waals surface area contributed by atoms with Crippen LogP contribution in [0.3, 0.4) is 0 Å². The first-order valence-electron chi connectivity index (χ1n) is 11.5. The number of rotatable bonds is 8. The number of nitrogens with one attached hydrogen (secondary N) is 2. The van der Waals surface area contributed by atoms with E-state index in [0.717, 1.165) is 70.7 Å². The molecule has 174 valence electrons. The number of benzene rings is 1. The molecule has 0 bridgehead atoms. The second-order valence-electron chi connectivity index (χ2n) is 8.43. The molecule has 0 radical (unpaired) electrons. The summed E-state index contributed by atoms with van der Waals surface area (Å²) < 4.78 is 10.9. The normalized spacial score (nSPS) is 22.8. The minimum Gasteiger partial charge on any atom is -0.497 e. The first kappa shape index (κ1) is 23.8. The molecule has 2 aliphatic rings. The summed E-state index contributed by atoms with van der Waals surface area (Å²) in [7, 11) is 6.11. The van der Waals surface area contributed by atoms with E-state index in [1.54, 1.807) is 7.11 Å². The van der Waals surface area contributed by atoms with Crippen molar-refractivity contribution in [1.29, 1.82) is 0 Å². The number of likely N-dealkylation sites (N-methyl/N-ethyl adjacent to an activating group) is 2. The topological polar surface area (TPSA) is 64.6 Å². The molecule has 0 aliphatic carbocycles. The summed E-state index contributed by atoms with van der Waals surface area (Å²) in [6, 6.07) is 9.08. The van der Waals surface area contributed by atoms with Gasteiger partial charge in [0.05, 0.1) is 32.9 Å². The minimum absolute atomic E-state index is 0.216. The van der Waals surface area contributed by atoms with Crippen LogP contribution >= 0.6 is 0 Å². The Morgan fingerprint density at radius 2 is 1.87 bits per heavy atom. The third-order valence-corrected chi connectivity index (χ3v) is 6.24. The summed E-state index contributed by atoms with van der Waals surface area (Å²) >= 11 is 0. The van der Waals surface area contributed by atoms with Gasteiger partial charge in [-0.15, -0.1) is 0 Å². The number of guanidine groups is 1. The van der Waals surface area contributed by atoms with Crippen LogP contribution in [-0.4, -0.2) is 113 Å². The maximum atomic E-state index is 5.58. The molecule has 0 amide bonds. The molecule has 8 heteroatoms. The second kappa shape index (κ2) is 12.2. The largest absolute Gasteiger partial charge is 0.497 e. The molecule has 0 spiro atoms. The molecule has 2 saturated heterocycles. The van der Waals surface area contributed by atoms with E-state index < -0.39 is 0 Å². The third kappa shape index (κ3) is 7.07. The van der Waals surface area contributed by atoms with Crippen LogP contribution in [0.5, 0.6) is 5.75 Å². The van der Waals surface area contributed by atoms with E-state index in [1.807, 2.05) is 12.1 Å². The van der Waals surface area contributed by atoms with E-state index >= 15 is 0 Å². The zero-order valence-electron chi connectivity index (χ0n) is 19.6. The lowest BCUT2D eigenvalue weighted by molar-refractivity contribution is 0.0179. The molecule has 31 heavy (non-hydrogen) atoms. The van der Waals surface area contributed by atoms with Crippen LogP contribution in [-0.2, 0) is 4.74 Å². The number of piperazine rings is 1. The van der Waals surface area contributed by atoms with Gasteiger partial charge in [0.25, 0.3) is 0 Å². The van der Waals surface area contributed by atoms with Crippen LogP contribution in [0.25, 0.3) is 0 Å². The van der Waals surface area contributed by atoms with Crippen LogP contribution in [0.4, 0.5) is 0 Å². The SMILES string of the molecule is CCNC(=NCC(c1ccc(OC)cc1)N1CCOCC1)NCC1CN(C)CCN1C. The lowest BCUT2D eigenvalue weighted by Gasteiger charge is -2.38. The van der Waals surface area contributed by atoms with Gasteiger partial charge in [-0.3, -0.25) is 14.8 Å². The zero-order valence-corrected chi connectivity index (χ0v) is 19.6. The Kier molecular flexibility index (Phi) is 9.39. The Morgan fingerprint density at radius 3 is 2.55 bits per heavy atom. The molecular weight excluding hydrogens is 392 g/mol. The highest BCUT2D eigenvalue weighted by molar-refractivity contribution is 5.79. The first-order chi connectivity index (χ1) is 15.1. The number of hydrogen-bond donors (Lipinski definition) is 2. The zero-order chi connectivity index (χ0) is 22.1. The molecule has 1 aromatic rings. The number of aliphatic imine (C=N–C) groups is 1. The van der Waals surface area contributed by atoms with Crippen molar-refractivity contribution in [3.05, 3.63) is 29.8 Å². The monoisotopic (exact) mass is 432 g/mol. The van der Waals surface area contributed by atoms with Gasteiger partial charge in [-0.25, -0.2) is 0 Å². The summed E-state index contributed by atoms with van der Waals surface area (Å²) in [6.07, 6.45) is 0. The van der Waals surface area contributed by atoms with Crippen molar-refractivity contribution in [2.75, 3.05) is 86.8 Å². The fraction of sp³-hybridized carbons (Fsp3) is 0.696. The van der Waals surface area contributed by atoms with Gasteiger partial charge in [0, 0.05) is 51.9 Å². The number of hydrogen-bond acceptors (Lipinski definition) is 6. The van der Waals surface area contributed by atoms with Gasteiger partial charge in [0.2, 0.25) is 0 Å². The minimum atomic E-state index is 0.216. The summed E-state index contributed by atoms with van der Waals surface area (Å²) in [4.78, 5) is 12.3. The maximum absolute atomic E-state index is 5.58. The van der Waals surface area contributed by atoms with Gasteiger partial charge in [-0.05, 0) is 38.7 Å². The summed E-state index contributed by atoms with van der Waals surface area (Å²) in [5.74, 6) is 1.76. The lowest BCUT2D eigenvalue weighted by Crippen LogP contribution is -2.55. The predicted molar refractivity (Wildman–Crippen MR) is 126 cm³/mol. The van der Waals surface area contributed by atoms with Gasteiger partial charge in [0.15, 0.2) is 5.96 Å². The van der Waals surface area contributed by atoms with E-state index in [4.69, 9.17) is 14.5 Å². The Labute approximate surface area is 187 Å². The summed E-state index contributed by atoms with van der Waals surface area (Å²) in [6.45, 7) is 11.2. The van der Waals surface area contributed by atoms with E-state index in [-0.39, 0.29) is 6.04 Å². The van der Waals surface area contributed by atoms with Gasteiger partial charge >= 0.3 is 0 Å². The van der Waals surface area contributed by atoms with Crippen molar-refractivity contribution in [2.45, 2.75) is 19.0 Å². The molecule has 2 aliphatic heterocycles. The quantitative estimate of drug-likeness (QED) is 0.467. The van der Waals surface area contributed by atoms with Crippen LogP contribution in [0.1, 0.15) is 18.5 Å². The average Bonchev–Trinajstić information content (AvgIpc) is 2.80. The first-order valence-corrected chi connectivity index (χ1v) is 11.5. The standard InChI is InChI=1S/C23H40N6O2/c1-5-24-23(25-16-20-18-27(2)10-11-28(20)3)26-17-22(29-12-14-31-15-13-29)19-6-8-21(30-4)9-7-19/h6-9,20,22H,5,10-18H2,1-4H3,(H2,24,25,26). The maximum Gasteiger partial charge on any atom is 0.191 e. The predicted octanol–water partition coefficient (Wildman–Crippen LogP) is 0.869. The highest BCUT2D eigenvalue weighted by Crippen LogP contribution is 2.24. The van der Waals surface area contributed by atoms with Gasteiger partial charge in [-0.1, -0.05) is 12.1 Å². The molecule has 1 aromatic carbocycles. The fourth-order valence-corrected chi connectivity index (χ4v) is 4.20. The van der Waals surface area contributed by atoms with Crippen LogP contribution in [0, 0.1) is 0 Å². The van der Waals surface area contributed by atoms with Crippen molar-refractivity contribution in [1.82, 2.24) is 25.3 Å². The fourth-order valence-electron chi connectivity index (χ4n) is 4.20. The summed E-state index contributed by atoms with van der Waals surface area (Å²) in [5.41, 5.74) is 1.26. The smallest absolute Gasteiger partial charge is 0.191 e. The third-order valence-electron chi connectivity index (χ3n) is 6.24. The lowest BCUT2D eigenvalue weighted by atomic mass is 10.0. The molecule has 2 heterocycles. The van der Waals surface area contributed by atoms with Crippen LogP contribution in [0.15, 0.2) is 29.3 Å². The van der Waals surface area contributed by atoms with Crippen molar-refractivity contribution in [2.24, 2.45) is 4.99 Å². The molecule has 2 fully saturated rings. The highest BCUT2D eigenvalue weighted by atomic mass is 16.5. The van der Waals surface area contributed by atoms with Crippen LogP contribution in [0.2, 0.25) is 0 Å². The molecule has 0 saturated carbocycles. The average molecular weight is 433 g/mol. The van der Waals surface area contributed by atoms with Gasteiger partial charge in [0.1, 0.15) is 5.75 Å². The molecule has 8 nitrogen and oxygen atoms in total. The number of nitrogens with zero attached hydrogens (tertiary/aromatic N) is 4. The van der Waals surface area contributed by atoms with E-state index in [2.05, 4.69) is 58.5 Å². The molecule has 0 aromatic heterocycles. The molecule has 2 atom stereocenters. The Morgan fingerprint density at radius 1 is 1.13 bits per heavy atom. The van der Waals surface area contributed by atoms with Crippen molar-refractivity contribution in [3.8, 4) is 5.75 Å². The molecule has 2 unspecified atom stereocenters. The van der Waals surface area contributed by atoms with E-state index in [1.165, 1.54) is 5.56 Å². The van der Waals surface area contributed by atoms with Gasteiger partial charge in [-0.2, -0.15) is 0 Å². The Balaban J connectivity index is 1.68. The second-order valence-corrected chi connectivity index (χ2v) is 8.43. The van der Waals surface area contributed by atoms with Crippen molar-refractivity contribution >= 4 is 5.96 Å². The number of methoxy groups -OCH3 is 1. The number of ether oxygens (including phenoxy) is 2. The molecular formula is C23H40N6O2. The Bertz CT molecular complexity index is 677. The van der Waals surface area contributed by atoms with Crippen molar-refractivity contribution < 1.29 is 9.47 Å². The molecule has 2 N–H and O–H groups in total. The van der Waals surface area contributed by atoms with Crippen LogP contribution < -0.4 is 15.4 Å². The highest BCUT2D eigenvalue weighted by Gasteiger charge is 2.24.